The number of hydrogen-bond acceptors (Lipinski definition) is 1. The van der Waals surface area contributed by atoms with Gasteiger partial charge in [-0.15, -0.1) is 0 Å². The summed E-state index contributed by atoms with van der Waals surface area (Å²) in [5, 5.41) is 0. The van der Waals surface area contributed by atoms with Gasteiger partial charge >= 0.3 is 0 Å². The molecule has 22 heavy (non-hydrogen) atoms. The Morgan fingerprint density at radius 2 is 1.55 bits per heavy atom. The van der Waals surface area contributed by atoms with Gasteiger partial charge in [0.2, 0.25) is 0 Å². The van der Waals surface area contributed by atoms with Crippen molar-refractivity contribution in [2.75, 3.05) is 0 Å². The van der Waals surface area contributed by atoms with Crippen LogP contribution in [-0.4, -0.2) is 5.78 Å². The number of carbonyl (C=O) groups is 1. The van der Waals surface area contributed by atoms with Crippen molar-refractivity contribution in [1.29, 1.82) is 0 Å². The topological polar surface area (TPSA) is 17.1 Å². The minimum Gasteiger partial charge on any atom is -0.299 e. The van der Waals surface area contributed by atoms with Gasteiger partial charge in [-0.3, -0.25) is 4.79 Å². The van der Waals surface area contributed by atoms with Crippen LogP contribution in [0.15, 0.2) is 42.5 Å². The summed E-state index contributed by atoms with van der Waals surface area (Å²) in [6, 6.07) is 15.2. The molecule has 1 saturated carbocycles. The van der Waals surface area contributed by atoms with E-state index in [1.54, 1.807) is 0 Å². The van der Waals surface area contributed by atoms with E-state index in [4.69, 9.17) is 0 Å². The maximum atomic E-state index is 12.6. The highest BCUT2D eigenvalue weighted by molar-refractivity contribution is 5.87. The Balaban J connectivity index is 2.01. The quantitative estimate of drug-likeness (QED) is 0.740. The molecule has 0 radical (unpaired) electrons. The highest BCUT2D eigenvalue weighted by Gasteiger charge is 2.34. The second-order valence-corrected chi connectivity index (χ2v) is 6.70. The maximum Gasteiger partial charge on any atom is 0.140 e. The van der Waals surface area contributed by atoms with E-state index in [2.05, 4.69) is 63.2 Å². The van der Waals surface area contributed by atoms with Crippen LogP contribution in [0.3, 0.4) is 0 Å². The molecule has 0 spiro atoms. The van der Waals surface area contributed by atoms with Crippen molar-refractivity contribution in [3.05, 3.63) is 70.3 Å². The van der Waals surface area contributed by atoms with Crippen molar-refractivity contribution in [3.63, 3.8) is 0 Å². The lowest BCUT2D eigenvalue weighted by Gasteiger charge is -2.31. The van der Waals surface area contributed by atoms with Gasteiger partial charge in [-0.05, 0) is 61.8 Å². The van der Waals surface area contributed by atoms with Crippen molar-refractivity contribution < 1.29 is 4.79 Å². The van der Waals surface area contributed by atoms with E-state index in [1.807, 2.05) is 0 Å². The average Bonchev–Trinajstić information content (AvgIpc) is 2.51. The fraction of sp³-hybridized carbons (Fsp3) is 0.381. The molecule has 2 aromatic rings. The van der Waals surface area contributed by atoms with Gasteiger partial charge in [0.05, 0.1) is 0 Å². The molecule has 3 rings (SSSR count). The second-order valence-electron chi connectivity index (χ2n) is 6.70. The molecular formula is C21H24O. The third-order valence-corrected chi connectivity index (χ3v) is 5.08. The number of aryl methyl sites for hydroxylation is 3. The van der Waals surface area contributed by atoms with Crippen LogP contribution in [-0.2, 0) is 4.79 Å². The summed E-state index contributed by atoms with van der Waals surface area (Å²) in [5.74, 6) is 0.748. The Morgan fingerprint density at radius 3 is 2.23 bits per heavy atom. The van der Waals surface area contributed by atoms with Crippen molar-refractivity contribution in [2.45, 2.75) is 51.9 Å². The zero-order valence-corrected chi connectivity index (χ0v) is 13.7. The summed E-state index contributed by atoms with van der Waals surface area (Å²) < 4.78 is 0. The van der Waals surface area contributed by atoms with E-state index in [0.717, 1.165) is 19.3 Å². The molecule has 0 heterocycles. The van der Waals surface area contributed by atoms with E-state index in [0.29, 0.717) is 11.7 Å². The molecule has 0 aliphatic heterocycles. The SMILES string of the molecule is Cc1ccc(C2C(=O)CCCC2c2ccc(C)c(C)c2)cc1. The Morgan fingerprint density at radius 1 is 0.864 bits per heavy atom. The van der Waals surface area contributed by atoms with Crippen LogP contribution in [0.25, 0.3) is 0 Å². The highest BCUT2D eigenvalue weighted by Crippen LogP contribution is 2.42. The molecule has 1 aliphatic carbocycles. The van der Waals surface area contributed by atoms with Crippen LogP contribution in [0, 0.1) is 20.8 Å². The molecule has 2 atom stereocenters. The zero-order valence-electron chi connectivity index (χ0n) is 13.7. The number of hydrogen-bond donors (Lipinski definition) is 0. The predicted octanol–water partition coefficient (Wildman–Crippen LogP) is 5.23. The van der Waals surface area contributed by atoms with Crippen LogP contribution in [0.2, 0.25) is 0 Å². The van der Waals surface area contributed by atoms with Gasteiger partial charge < -0.3 is 0 Å². The Kier molecular flexibility index (Phi) is 4.15. The molecule has 0 amide bonds. The van der Waals surface area contributed by atoms with E-state index in [-0.39, 0.29) is 5.92 Å². The number of Topliss-reactive ketones (excluding diaryl/α,β-unsaturated/α-hetero) is 1. The largest absolute Gasteiger partial charge is 0.299 e. The van der Waals surface area contributed by atoms with Gasteiger partial charge in [0, 0.05) is 12.3 Å². The van der Waals surface area contributed by atoms with Crippen molar-refractivity contribution >= 4 is 5.78 Å². The first kappa shape index (κ1) is 15.0. The van der Waals surface area contributed by atoms with Gasteiger partial charge in [0.25, 0.3) is 0 Å². The van der Waals surface area contributed by atoms with Crippen molar-refractivity contribution in [3.8, 4) is 0 Å². The lowest BCUT2D eigenvalue weighted by Crippen LogP contribution is -2.25. The summed E-state index contributed by atoms with van der Waals surface area (Å²) in [6.45, 7) is 6.39. The lowest BCUT2D eigenvalue weighted by atomic mass is 9.71. The van der Waals surface area contributed by atoms with Crippen LogP contribution in [0.4, 0.5) is 0 Å². The van der Waals surface area contributed by atoms with Crippen molar-refractivity contribution in [2.24, 2.45) is 0 Å². The fourth-order valence-corrected chi connectivity index (χ4v) is 3.59. The van der Waals surface area contributed by atoms with Crippen LogP contribution >= 0.6 is 0 Å². The average molecular weight is 292 g/mol. The maximum absolute atomic E-state index is 12.6. The van der Waals surface area contributed by atoms with Gasteiger partial charge in [0.15, 0.2) is 0 Å². The van der Waals surface area contributed by atoms with Crippen LogP contribution in [0.5, 0.6) is 0 Å². The molecule has 0 bridgehead atoms. The number of rotatable bonds is 2. The minimum absolute atomic E-state index is 0.0245. The standard InChI is InChI=1S/C21H24O/c1-14-7-10-17(11-8-14)21-19(5-4-6-20(21)22)18-12-9-15(2)16(3)13-18/h7-13,19,21H,4-6H2,1-3H3. The highest BCUT2D eigenvalue weighted by atomic mass is 16.1. The van der Waals surface area contributed by atoms with Gasteiger partial charge in [0.1, 0.15) is 5.78 Å². The van der Waals surface area contributed by atoms with Gasteiger partial charge in [-0.1, -0.05) is 48.0 Å². The summed E-state index contributed by atoms with van der Waals surface area (Å²) in [7, 11) is 0. The molecule has 0 N–H and O–H groups in total. The molecule has 0 saturated heterocycles. The summed E-state index contributed by atoms with van der Waals surface area (Å²) in [4.78, 5) is 12.6. The lowest BCUT2D eigenvalue weighted by molar-refractivity contribution is -0.122. The molecule has 114 valence electrons. The predicted molar refractivity (Wildman–Crippen MR) is 91.4 cm³/mol. The minimum atomic E-state index is 0.0245. The first-order valence-corrected chi connectivity index (χ1v) is 8.22. The molecule has 1 heteroatoms. The Labute approximate surface area is 133 Å². The molecule has 1 nitrogen and oxygen atoms in total. The van der Waals surface area contributed by atoms with E-state index in [9.17, 15) is 4.79 Å². The summed E-state index contributed by atoms with van der Waals surface area (Å²) in [5.41, 5.74) is 6.38. The smallest absolute Gasteiger partial charge is 0.140 e. The number of ketones is 1. The third-order valence-electron chi connectivity index (χ3n) is 5.08. The molecule has 0 aromatic heterocycles. The first-order valence-electron chi connectivity index (χ1n) is 8.22. The Bertz CT molecular complexity index is 682. The van der Waals surface area contributed by atoms with E-state index >= 15 is 0 Å². The zero-order chi connectivity index (χ0) is 15.7. The van der Waals surface area contributed by atoms with Gasteiger partial charge in [-0.25, -0.2) is 0 Å². The third kappa shape index (κ3) is 2.85. The summed E-state index contributed by atoms with van der Waals surface area (Å²) in [6.07, 6.45) is 2.84. The number of carbonyl (C=O) groups excluding carboxylic acids is 1. The molecule has 2 aromatic carbocycles. The Hall–Kier alpha value is -1.89. The fourth-order valence-electron chi connectivity index (χ4n) is 3.59. The molecule has 2 unspecified atom stereocenters. The molecule has 1 aliphatic rings. The number of benzene rings is 2. The van der Waals surface area contributed by atoms with Crippen LogP contribution < -0.4 is 0 Å². The van der Waals surface area contributed by atoms with E-state index in [1.165, 1.54) is 27.8 Å². The molecule has 1 fully saturated rings. The summed E-state index contributed by atoms with van der Waals surface area (Å²) >= 11 is 0. The second kappa shape index (κ2) is 6.08. The first-order chi connectivity index (χ1) is 10.6. The normalized spacial score (nSPS) is 21.9. The van der Waals surface area contributed by atoms with Crippen LogP contribution in [0.1, 0.15) is 58.9 Å². The van der Waals surface area contributed by atoms with Crippen molar-refractivity contribution in [1.82, 2.24) is 0 Å². The van der Waals surface area contributed by atoms with E-state index < -0.39 is 0 Å². The van der Waals surface area contributed by atoms with Gasteiger partial charge in [-0.2, -0.15) is 0 Å². The monoisotopic (exact) mass is 292 g/mol. The molecular weight excluding hydrogens is 268 g/mol.